The van der Waals surface area contributed by atoms with Crippen LogP contribution in [0.4, 0.5) is 5.69 Å². The van der Waals surface area contributed by atoms with E-state index in [0.717, 1.165) is 66.0 Å². The lowest BCUT2D eigenvalue weighted by Crippen LogP contribution is -2.29. The number of nitrogens with one attached hydrogen (secondary N) is 1. The van der Waals surface area contributed by atoms with Crippen molar-refractivity contribution in [3.8, 4) is 11.5 Å². The van der Waals surface area contributed by atoms with Gasteiger partial charge in [0.25, 0.3) is 0 Å². The van der Waals surface area contributed by atoms with E-state index < -0.39 is 5.97 Å². The Kier molecular flexibility index (Phi) is 9.71. The second-order valence-electron chi connectivity index (χ2n) is 11.8. The van der Waals surface area contributed by atoms with E-state index in [2.05, 4.69) is 105 Å². The van der Waals surface area contributed by atoms with Crippen LogP contribution in [0, 0.1) is 0 Å². The van der Waals surface area contributed by atoms with Crippen molar-refractivity contribution < 1.29 is 19.4 Å². The minimum absolute atomic E-state index is 0.109. The molecule has 4 aromatic carbocycles. The van der Waals surface area contributed by atoms with Crippen molar-refractivity contribution in [3.63, 3.8) is 0 Å². The summed E-state index contributed by atoms with van der Waals surface area (Å²) >= 11 is 0. The molecule has 0 aromatic heterocycles. The zero-order valence-electron chi connectivity index (χ0n) is 25.6. The van der Waals surface area contributed by atoms with Gasteiger partial charge in [-0.25, -0.2) is 0 Å². The third kappa shape index (κ3) is 7.40. The van der Waals surface area contributed by atoms with E-state index in [0.29, 0.717) is 13.0 Å². The number of aryl methyl sites for hydroxylation is 2. The van der Waals surface area contributed by atoms with Crippen LogP contribution in [0.2, 0.25) is 0 Å². The van der Waals surface area contributed by atoms with Gasteiger partial charge >= 0.3 is 5.97 Å². The van der Waals surface area contributed by atoms with Gasteiger partial charge < -0.3 is 19.9 Å². The summed E-state index contributed by atoms with van der Waals surface area (Å²) in [6, 6.07) is 32.2. The lowest BCUT2D eigenvalue weighted by Gasteiger charge is -2.26. The Labute approximate surface area is 255 Å². The molecular formula is C38H43NO4. The minimum atomic E-state index is -0.803. The predicted molar refractivity (Wildman–Crippen MR) is 173 cm³/mol. The molecule has 43 heavy (non-hydrogen) atoms. The Bertz CT molecular complexity index is 1450. The third-order valence-corrected chi connectivity index (χ3v) is 8.26. The number of carboxylic acids is 1. The summed E-state index contributed by atoms with van der Waals surface area (Å²) in [5.41, 5.74) is 8.10. The molecule has 0 fully saturated rings. The molecule has 1 aliphatic heterocycles. The fourth-order valence-electron chi connectivity index (χ4n) is 5.93. The Balaban J connectivity index is 1.37. The number of hydrogen-bond donors (Lipinski definition) is 2. The molecule has 0 aliphatic carbocycles. The van der Waals surface area contributed by atoms with Crippen LogP contribution in [-0.2, 0) is 29.6 Å². The van der Waals surface area contributed by atoms with E-state index in [1.54, 1.807) is 0 Å². The maximum atomic E-state index is 10.8. The van der Waals surface area contributed by atoms with E-state index in [1.165, 1.54) is 16.7 Å². The Morgan fingerprint density at radius 3 is 2.02 bits per heavy atom. The Hall–Kier alpha value is -4.25. The predicted octanol–water partition coefficient (Wildman–Crippen LogP) is 8.89. The van der Waals surface area contributed by atoms with Crippen LogP contribution in [0.25, 0.3) is 0 Å². The molecule has 1 aliphatic rings. The average molecular weight is 578 g/mol. The first-order chi connectivity index (χ1) is 20.9. The van der Waals surface area contributed by atoms with Gasteiger partial charge in [0.2, 0.25) is 0 Å². The highest BCUT2D eigenvalue weighted by Gasteiger charge is 2.36. The molecule has 0 spiro atoms. The first-order valence-electron chi connectivity index (χ1n) is 15.6. The summed E-state index contributed by atoms with van der Waals surface area (Å²) in [5.74, 6) is 0.838. The monoisotopic (exact) mass is 577 g/mol. The van der Waals surface area contributed by atoms with Crippen LogP contribution < -0.4 is 14.8 Å². The standard InChI is InChI=1S/C38H43NO4/c1-4-8-27-13-17-29(18-14-27)37(30-19-15-28(9-5-2)16-20-30)43-35-11-6-10-34-33(35)26-38(3,39-34)31-21-23-32(24-22-31)42-25-7-12-36(40)41/h6,10-11,13-24,37,39H,4-5,7-9,12,25-26H2,1-3H3,(H,40,41). The molecule has 5 rings (SSSR count). The lowest BCUT2D eigenvalue weighted by atomic mass is 9.89. The second kappa shape index (κ2) is 13.8. The van der Waals surface area contributed by atoms with E-state index in [1.807, 2.05) is 12.1 Å². The van der Waals surface area contributed by atoms with Gasteiger partial charge in [-0.15, -0.1) is 0 Å². The number of anilines is 1. The molecule has 0 saturated carbocycles. The molecule has 0 amide bonds. The van der Waals surface area contributed by atoms with E-state index >= 15 is 0 Å². The quantitative estimate of drug-likeness (QED) is 0.147. The van der Waals surface area contributed by atoms with Crippen molar-refractivity contribution >= 4 is 11.7 Å². The number of fused-ring (bicyclic) bond motifs is 1. The fraction of sp³-hybridized carbons (Fsp3) is 0.342. The van der Waals surface area contributed by atoms with Crippen molar-refractivity contribution in [1.82, 2.24) is 0 Å². The van der Waals surface area contributed by atoms with Gasteiger partial charge in [0, 0.05) is 24.1 Å². The fourth-order valence-corrected chi connectivity index (χ4v) is 5.93. The summed E-state index contributed by atoms with van der Waals surface area (Å²) in [4.78, 5) is 10.8. The zero-order chi connectivity index (χ0) is 30.2. The van der Waals surface area contributed by atoms with Crippen LogP contribution in [-0.4, -0.2) is 17.7 Å². The topological polar surface area (TPSA) is 67.8 Å². The van der Waals surface area contributed by atoms with Crippen molar-refractivity contribution in [2.45, 2.75) is 77.4 Å². The number of rotatable bonds is 14. The van der Waals surface area contributed by atoms with Gasteiger partial charge in [-0.2, -0.15) is 0 Å². The van der Waals surface area contributed by atoms with Crippen LogP contribution in [0.15, 0.2) is 91.0 Å². The highest BCUT2D eigenvalue weighted by Crippen LogP contribution is 2.45. The van der Waals surface area contributed by atoms with Gasteiger partial charge in [-0.05, 0) is 78.3 Å². The molecule has 1 unspecified atom stereocenters. The van der Waals surface area contributed by atoms with Crippen LogP contribution in [0.5, 0.6) is 11.5 Å². The van der Waals surface area contributed by atoms with E-state index in [4.69, 9.17) is 14.6 Å². The molecule has 0 bridgehead atoms. The summed E-state index contributed by atoms with van der Waals surface area (Å²) in [5, 5.41) is 12.6. The number of carboxylic acid groups (broad SMARTS) is 1. The number of carbonyl (C=O) groups is 1. The maximum Gasteiger partial charge on any atom is 0.303 e. The minimum Gasteiger partial charge on any atom is -0.494 e. The molecule has 5 nitrogen and oxygen atoms in total. The summed E-state index contributed by atoms with van der Waals surface area (Å²) in [6.07, 6.45) is 5.57. The molecule has 4 aromatic rings. The number of benzene rings is 4. The molecule has 224 valence electrons. The molecule has 1 heterocycles. The molecule has 2 N–H and O–H groups in total. The highest BCUT2D eigenvalue weighted by molar-refractivity contribution is 5.66. The summed E-state index contributed by atoms with van der Waals surface area (Å²) in [6.45, 7) is 7.03. The molecule has 0 radical (unpaired) electrons. The number of ether oxygens (including phenoxy) is 2. The van der Waals surface area contributed by atoms with E-state index in [9.17, 15) is 4.79 Å². The number of hydrogen-bond acceptors (Lipinski definition) is 4. The van der Waals surface area contributed by atoms with Gasteiger partial charge in [-0.1, -0.05) is 93.4 Å². The van der Waals surface area contributed by atoms with Crippen molar-refractivity contribution in [2.24, 2.45) is 0 Å². The number of aliphatic carboxylic acids is 1. The smallest absolute Gasteiger partial charge is 0.303 e. The van der Waals surface area contributed by atoms with Crippen LogP contribution in [0.3, 0.4) is 0 Å². The van der Waals surface area contributed by atoms with Gasteiger partial charge in [-0.3, -0.25) is 4.79 Å². The largest absolute Gasteiger partial charge is 0.494 e. The summed E-state index contributed by atoms with van der Waals surface area (Å²) in [7, 11) is 0. The Morgan fingerprint density at radius 1 is 0.860 bits per heavy atom. The SMILES string of the molecule is CCCc1ccc(C(Oc2cccc3c2CC(C)(c2ccc(OCCCC(=O)O)cc2)N3)c2ccc(CCC)cc2)cc1. The zero-order valence-corrected chi connectivity index (χ0v) is 25.6. The average Bonchev–Trinajstić information content (AvgIpc) is 3.38. The van der Waals surface area contributed by atoms with Crippen LogP contribution >= 0.6 is 0 Å². The highest BCUT2D eigenvalue weighted by atomic mass is 16.5. The normalized spacial score (nSPS) is 15.6. The molecular weight excluding hydrogens is 534 g/mol. The molecule has 5 heteroatoms. The lowest BCUT2D eigenvalue weighted by molar-refractivity contribution is -0.137. The van der Waals surface area contributed by atoms with Crippen molar-refractivity contribution in [1.29, 1.82) is 0 Å². The van der Waals surface area contributed by atoms with Crippen molar-refractivity contribution in [2.75, 3.05) is 11.9 Å². The second-order valence-corrected chi connectivity index (χ2v) is 11.8. The van der Waals surface area contributed by atoms with Crippen molar-refractivity contribution in [3.05, 3.63) is 124 Å². The van der Waals surface area contributed by atoms with Crippen LogP contribution in [0.1, 0.15) is 85.9 Å². The maximum absolute atomic E-state index is 10.8. The first kappa shape index (κ1) is 30.2. The van der Waals surface area contributed by atoms with E-state index in [-0.39, 0.29) is 18.1 Å². The third-order valence-electron chi connectivity index (χ3n) is 8.26. The van der Waals surface area contributed by atoms with Gasteiger partial charge in [0.05, 0.1) is 12.1 Å². The molecule has 1 atom stereocenters. The molecule has 0 saturated heterocycles. The first-order valence-corrected chi connectivity index (χ1v) is 15.6. The summed E-state index contributed by atoms with van der Waals surface area (Å²) < 4.78 is 12.7. The Morgan fingerprint density at radius 2 is 1.47 bits per heavy atom. The van der Waals surface area contributed by atoms with Gasteiger partial charge in [0.1, 0.15) is 17.6 Å². The van der Waals surface area contributed by atoms with Gasteiger partial charge in [0.15, 0.2) is 0 Å².